The summed E-state index contributed by atoms with van der Waals surface area (Å²) in [5, 5.41) is 0. The molecule has 0 amide bonds. The summed E-state index contributed by atoms with van der Waals surface area (Å²) in [5.74, 6) is 3.89. The Labute approximate surface area is 77.7 Å². The lowest BCUT2D eigenvalue weighted by atomic mass is 9.72. The molecule has 0 radical (unpaired) electrons. The standard InChI is InChI=1S/C12H24/c1-9(2)7-12-8-10(3)5-6-11(12)4/h9-12H,5-8H2,1-4H3. The number of rotatable bonds is 2. The van der Waals surface area contributed by atoms with Gasteiger partial charge in [-0.1, -0.05) is 40.5 Å². The minimum Gasteiger partial charge on any atom is -0.0628 e. The Kier molecular flexibility index (Phi) is 3.61. The second-order valence-corrected chi connectivity index (χ2v) is 5.29. The molecule has 12 heavy (non-hydrogen) atoms. The summed E-state index contributed by atoms with van der Waals surface area (Å²) < 4.78 is 0. The van der Waals surface area contributed by atoms with Gasteiger partial charge in [-0.3, -0.25) is 0 Å². The molecule has 1 saturated carbocycles. The smallest absolute Gasteiger partial charge is 0.0384 e. The van der Waals surface area contributed by atoms with Crippen molar-refractivity contribution in [2.24, 2.45) is 23.7 Å². The molecule has 0 heteroatoms. The third kappa shape index (κ3) is 2.80. The van der Waals surface area contributed by atoms with Gasteiger partial charge in [-0.15, -0.1) is 0 Å². The van der Waals surface area contributed by atoms with Gasteiger partial charge in [0.25, 0.3) is 0 Å². The summed E-state index contributed by atoms with van der Waals surface area (Å²) >= 11 is 0. The molecule has 0 aliphatic heterocycles. The van der Waals surface area contributed by atoms with Gasteiger partial charge in [0.15, 0.2) is 0 Å². The van der Waals surface area contributed by atoms with E-state index in [1.165, 1.54) is 25.7 Å². The zero-order valence-electron chi connectivity index (χ0n) is 9.14. The summed E-state index contributed by atoms with van der Waals surface area (Å²) in [7, 11) is 0. The largest absolute Gasteiger partial charge is 0.0628 e. The number of hydrogen-bond donors (Lipinski definition) is 0. The van der Waals surface area contributed by atoms with Gasteiger partial charge in [0.2, 0.25) is 0 Å². The fourth-order valence-corrected chi connectivity index (χ4v) is 2.58. The molecule has 0 saturated heterocycles. The summed E-state index contributed by atoms with van der Waals surface area (Å²) in [6.45, 7) is 9.57. The SMILES string of the molecule is CC(C)CC1CC(C)CCC1C. The summed E-state index contributed by atoms with van der Waals surface area (Å²) in [6.07, 6.45) is 5.87. The highest BCUT2D eigenvalue weighted by molar-refractivity contribution is 4.76. The highest BCUT2D eigenvalue weighted by Gasteiger charge is 2.25. The summed E-state index contributed by atoms with van der Waals surface area (Å²) in [6, 6.07) is 0. The van der Waals surface area contributed by atoms with Crippen molar-refractivity contribution in [3.05, 3.63) is 0 Å². The Hall–Kier alpha value is 0. The van der Waals surface area contributed by atoms with Crippen molar-refractivity contribution in [2.75, 3.05) is 0 Å². The second-order valence-electron chi connectivity index (χ2n) is 5.29. The monoisotopic (exact) mass is 168 g/mol. The van der Waals surface area contributed by atoms with Crippen molar-refractivity contribution >= 4 is 0 Å². The van der Waals surface area contributed by atoms with E-state index < -0.39 is 0 Å². The van der Waals surface area contributed by atoms with Gasteiger partial charge in [0.1, 0.15) is 0 Å². The molecule has 1 rings (SSSR count). The molecule has 0 aromatic carbocycles. The van der Waals surface area contributed by atoms with Crippen LogP contribution in [-0.2, 0) is 0 Å². The summed E-state index contributed by atoms with van der Waals surface area (Å²) in [4.78, 5) is 0. The summed E-state index contributed by atoms with van der Waals surface area (Å²) in [5.41, 5.74) is 0. The highest BCUT2D eigenvalue weighted by Crippen LogP contribution is 2.36. The van der Waals surface area contributed by atoms with Gasteiger partial charge in [0, 0.05) is 0 Å². The maximum Gasteiger partial charge on any atom is -0.0384 e. The van der Waals surface area contributed by atoms with Crippen LogP contribution in [0.15, 0.2) is 0 Å². The van der Waals surface area contributed by atoms with Crippen molar-refractivity contribution in [1.29, 1.82) is 0 Å². The molecule has 0 bridgehead atoms. The van der Waals surface area contributed by atoms with Crippen molar-refractivity contribution < 1.29 is 0 Å². The van der Waals surface area contributed by atoms with E-state index >= 15 is 0 Å². The molecule has 72 valence electrons. The van der Waals surface area contributed by atoms with Crippen LogP contribution in [0.25, 0.3) is 0 Å². The maximum absolute atomic E-state index is 2.44. The van der Waals surface area contributed by atoms with Gasteiger partial charge in [-0.05, 0) is 36.5 Å². The first-order valence-corrected chi connectivity index (χ1v) is 5.59. The molecule has 1 aliphatic carbocycles. The average Bonchev–Trinajstić information content (AvgIpc) is 1.96. The fourth-order valence-electron chi connectivity index (χ4n) is 2.58. The highest BCUT2D eigenvalue weighted by atomic mass is 14.3. The molecule has 1 fully saturated rings. The van der Waals surface area contributed by atoms with E-state index in [2.05, 4.69) is 27.7 Å². The first kappa shape index (κ1) is 10.1. The van der Waals surface area contributed by atoms with Crippen LogP contribution in [0.3, 0.4) is 0 Å². The van der Waals surface area contributed by atoms with Crippen LogP contribution in [0.1, 0.15) is 53.4 Å². The van der Waals surface area contributed by atoms with E-state index in [9.17, 15) is 0 Å². The van der Waals surface area contributed by atoms with E-state index in [-0.39, 0.29) is 0 Å². The van der Waals surface area contributed by atoms with Crippen molar-refractivity contribution in [1.82, 2.24) is 0 Å². The molecule has 1 aliphatic rings. The van der Waals surface area contributed by atoms with Crippen molar-refractivity contribution in [3.63, 3.8) is 0 Å². The lowest BCUT2D eigenvalue weighted by Crippen LogP contribution is -2.22. The van der Waals surface area contributed by atoms with Gasteiger partial charge in [0.05, 0.1) is 0 Å². The predicted octanol–water partition coefficient (Wildman–Crippen LogP) is 4.10. The fraction of sp³-hybridized carbons (Fsp3) is 1.00. The van der Waals surface area contributed by atoms with Crippen LogP contribution in [-0.4, -0.2) is 0 Å². The topological polar surface area (TPSA) is 0 Å². The van der Waals surface area contributed by atoms with Gasteiger partial charge >= 0.3 is 0 Å². The molecule has 0 aromatic heterocycles. The molecule has 0 spiro atoms. The van der Waals surface area contributed by atoms with E-state index in [1.807, 2.05) is 0 Å². The Morgan fingerprint density at radius 2 is 1.83 bits per heavy atom. The minimum absolute atomic E-state index is 0.891. The third-order valence-corrected chi connectivity index (χ3v) is 3.40. The van der Waals surface area contributed by atoms with E-state index in [4.69, 9.17) is 0 Å². The van der Waals surface area contributed by atoms with Crippen molar-refractivity contribution in [2.45, 2.75) is 53.4 Å². The molecule has 0 N–H and O–H groups in total. The molecular formula is C12H24. The Balaban J connectivity index is 2.38. The Bertz CT molecular complexity index is 124. The maximum atomic E-state index is 2.44. The second kappa shape index (κ2) is 4.30. The quantitative estimate of drug-likeness (QED) is 0.582. The minimum atomic E-state index is 0.891. The first-order chi connectivity index (χ1) is 5.59. The molecule has 3 unspecified atom stereocenters. The molecule has 0 nitrogen and oxygen atoms in total. The Morgan fingerprint density at radius 3 is 2.42 bits per heavy atom. The van der Waals surface area contributed by atoms with Crippen LogP contribution < -0.4 is 0 Å². The van der Waals surface area contributed by atoms with E-state index in [0.29, 0.717) is 0 Å². The van der Waals surface area contributed by atoms with Crippen LogP contribution in [0.2, 0.25) is 0 Å². The van der Waals surface area contributed by atoms with Crippen LogP contribution in [0.4, 0.5) is 0 Å². The molecular weight excluding hydrogens is 144 g/mol. The predicted molar refractivity (Wildman–Crippen MR) is 55.1 cm³/mol. The van der Waals surface area contributed by atoms with Crippen LogP contribution in [0.5, 0.6) is 0 Å². The third-order valence-electron chi connectivity index (χ3n) is 3.40. The van der Waals surface area contributed by atoms with Crippen molar-refractivity contribution in [3.8, 4) is 0 Å². The van der Waals surface area contributed by atoms with E-state index in [0.717, 1.165) is 23.7 Å². The normalized spacial score (nSPS) is 37.2. The Morgan fingerprint density at radius 1 is 1.17 bits per heavy atom. The molecule has 0 heterocycles. The average molecular weight is 168 g/mol. The van der Waals surface area contributed by atoms with Gasteiger partial charge < -0.3 is 0 Å². The number of hydrogen-bond acceptors (Lipinski definition) is 0. The molecule has 3 atom stereocenters. The van der Waals surface area contributed by atoms with Gasteiger partial charge in [-0.2, -0.15) is 0 Å². The zero-order valence-corrected chi connectivity index (χ0v) is 9.14. The van der Waals surface area contributed by atoms with Crippen LogP contribution in [0, 0.1) is 23.7 Å². The molecule has 0 aromatic rings. The first-order valence-electron chi connectivity index (χ1n) is 5.59. The zero-order chi connectivity index (χ0) is 9.14. The lowest BCUT2D eigenvalue weighted by molar-refractivity contribution is 0.177. The lowest BCUT2D eigenvalue weighted by Gasteiger charge is -2.33. The van der Waals surface area contributed by atoms with E-state index in [1.54, 1.807) is 0 Å². The van der Waals surface area contributed by atoms with Gasteiger partial charge in [-0.25, -0.2) is 0 Å². The van der Waals surface area contributed by atoms with Crippen LogP contribution >= 0.6 is 0 Å².